The Morgan fingerprint density at radius 2 is 2.06 bits per heavy atom. The highest BCUT2D eigenvalue weighted by Crippen LogP contribution is 2.27. The van der Waals surface area contributed by atoms with Crippen molar-refractivity contribution in [3.05, 3.63) is 41.6 Å². The van der Waals surface area contributed by atoms with E-state index in [9.17, 15) is 5.11 Å². The average molecular weight is 216 g/mol. The van der Waals surface area contributed by atoms with Crippen LogP contribution in [0.15, 0.2) is 30.3 Å². The molecule has 2 aromatic rings. The SMILES string of the molecule is Cc1cc(C(C)(O)CN)c2ccccc2n1. The first-order valence-electron chi connectivity index (χ1n) is 5.34. The first-order valence-corrected chi connectivity index (χ1v) is 5.34. The van der Waals surface area contributed by atoms with E-state index in [2.05, 4.69) is 4.98 Å². The van der Waals surface area contributed by atoms with Crippen molar-refractivity contribution in [3.8, 4) is 0 Å². The molecule has 1 atom stereocenters. The second-order valence-electron chi connectivity index (χ2n) is 4.31. The van der Waals surface area contributed by atoms with Crippen molar-refractivity contribution >= 4 is 10.9 Å². The number of hydrogen-bond acceptors (Lipinski definition) is 3. The topological polar surface area (TPSA) is 59.1 Å². The maximum Gasteiger partial charge on any atom is 0.0997 e. The Hall–Kier alpha value is -1.45. The number of nitrogens with zero attached hydrogens (tertiary/aromatic N) is 1. The minimum Gasteiger partial charge on any atom is -0.384 e. The maximum atomic E-state index is 10.3. The smallest absolute Gasteiger partial charge is 0.0997 e. The number of rotatable bonds is 2. The molecule has 0 radical (unpaired) electrons. The fraction of sp³-hybridized carbons (Fsp3) is 0.308. The van der Waals surface area contributed by atoms with Crippen molar-refractivity contribution in [2.24, 2.45) is 5.73 Å². The van der Waals surface area contributed by atoms with Crippen molar-refractivity contribution in [2.45, 2.75) is 19.4 Å². The molecular weight excluding hydrogens is 200 g/mol. The van der Waals surface area contributed by atoms with E-state index >= 15 is 0 Å². The van der Waals surface area contributed by atoms with E-state index in [0.717, 1.165) is 22.2 Å². The maximum absolute atomic E-state index is 10.3. The second kappa shape index (κ2) is 3.85. The number of aliphatic hydroxyl groups is 1. The Morgan fingerprint density at radius 1 is 1.38 bits per heavy atom. The molecular formula is C13H16N2O. The lowest BCUT2D eigenvalue weighted by Gasteiger charge is -2.23. The Morgan fingerprint density at radius 3 is 2.75 bits per heavy atom. The van der Waals surface area contributed by atoms with Crippen LogP contribution in [0.4, 0.5) is 0 Å². The molecule has 3 N–H and O–H groups in total. The molecule has 0 aliphatic heterocycles. The van der Waals surface area contributed by atoms with Crippen molar-refractivity contribution < 1.29 is 5.11 Å². The van der Waals surface area contributed by atoms with Crippen molar-refractivity contribution in [3.63, 3.8) is 0 Å². The van der Waals surface area contributed by atoms with Crippen LogP contribution in [-0.4, -0.2) is 16.6 Å². The summed E-state index contributed by atoms with van der Waals surface area (Å²) >= 11 is 0. The van der Waals surface area contributed by atoms with E-state index in [0.29, 0.717) is 0 Å². The summed E-state index contributed by atoms with van der Waals surface area (Å²) in [4.78, 5) is 4.43. The standard InChI is InChI=1S/C13H16N2O/c1-9-7-11(13(2,16)8-14)10-5-3-4-6-12(10)15-9/h3-7,16H,8,14H2,1-2H3. The highest BCUT2D eigenvalue weighted by Gasteiger charge is 2.23. The van der Waals surface area contributed by atoms with Gasteiger partial charge in [0.2, 0.25) is 0 Å². The van der Waals surface area contributed by atoms with Gasteiger partial charge in [-0.2, -0.15) is 0 Å². The zero-order valence-corrected chi connectivity index (χ0v) is 9.57. The molecule has 2 rings (SSSR count). The summed E-state index contributed by atoms with van der Waals surface area (Å²) in [5.74, 6) is 0. The van der Waals surface area contributed by atoms with Gasteiger partial charge in [-0.25, -0.2) is 0 Å². The van der Waals surface area contributed by atoms with Gasteiger partial charge in [0.25, 0.3) is 0 Å². The van der Waals surface area contributed by atoms with E-state index < -0.39 is 5.60 Å². The molecule has 1 aromatic heterocycles. The van der Waals surface area contributed by atoms with Gasteiger partial charge in [-0.05, 0) is 31.5 Å². The fourth-order valence-corrected chi connectivity index (χ4v) is 1.86. The lowest BCUT2D eigenvalue weighted by Crippen LogP contribution is -2.31. The predicted octanol–water partition coefficient (Wildman–Crippen LogP) is 1.71. The van der Waals surface area contributed by atoms with Gasteiger partial charge < -0.3 is 10.8 Å². The quantitative estimate of drug-likeness (QED) is 0.803. The second-order valence-corrected chi connectivity index (χ2v) is 4.31. The highest BCUT2D eigenvalue weighted by molar-refractivity contribution is 5.83. The molecule has 0 aliphatic rings. The number of hydrogen-bond donors (Lipinski definition) is 2. The lowest BCUT2D eigenvalue weighted by molar-refractivity contribution is 0.0683. The Bertz CT molecular complexity index is 520. The molecule has 0 amide bonds. The van der Waals surface area contributed by atoms with E-state index in [-0.39, 0.29) is 6.54 Å². The van der Waals surface area contributed by atoms with Crippen LogP contribution in [-0.2, 0) is 5.60 Å². The molecule has 0 saturated carbocycles. The monoisotopic (exact) mass is 216 g/mol. The van der Waals surface area contributed by atoms with E-state index in [4.69, 9.17) is 5.73 Å². The van der Waals surface area contributed by atoms with E-state index in [1.54, 1.807) is 6.92 Å². The summed E-state index contributed by atoms with van der Waals surface area (Å²) in [7, 11) is 0. The molecule has 1 aromatic carbocycles. The number of aryl methyl sites for hydroxylation is 1. The predicted molar refractivity (Wildman–Crippen MR) is 65.1 cm³/mol. The third-order valence-electron chi connectivity index (χ3n) is 2.82. The summed E-state index contributed by atoms with van der Waals surface area (Å²) in [6.45, 7) is 3.84. The van der Waals surface area contributed by atoms with E-state index in [1.807, 2.05) is 37.3 Å². The normalized spacial score (nSPS) is 15.0. The molecule has 1 unspecified atom stereocenters. The van der Waals surface area contributed by atoms with Gasteiger partial charge in [0, 0.05) is 17.6 Å². The molecule has 3 nitrogen and oxygen atoms in total. The number of aromatic nitrogens is 1. The molecule has 0 saturated heterocycles. The number of pyridine rings is 1. The van der Waals surface area contributed by atoms with Crippen LogP contribution in [0.3, 0.4) is 0 Å². The number of para-hydroxylation sites is 1. The molecule has 0 bridgehead atoms. The van der Waals surface area contributed by atoms with Crippen LogP contribution in [0, 0.1) is 6.92 Å². The van der Waals surface area contributed by atoms with Gasteiger partial charge >= 0.3 is 0 Å². The summed E-state index contributed by atoms with van der Waals surface area (Å²) in [5.41, 5.74) is 7.23. The Kier molecular flexibility index (Phi) is 2.66. The molecule has 0 aliphatic carbocycles. The first kappa shape index (κ1) is 11.0. The van der Waals surface area contributed by atoms with Crippen molar-refractivity contribution in [1.29, 1.82) is 0 Å². The highest BCUT2D eigenvalue weighted by atomic mass is 16.3. The molecule has 1 heterocycles. The number of benzene rings is 1. The van der Waals surface area contributed by atoms with Gasteiger partial charge in [-0.15, -0.1) is 0 Å². The van der Waals surface area contributed by atoms with Crippen molar-refractivity contribution in [2.75, 3.05) is 6.54 Å². The largest absolute Gasteiger partial charge is 0.384 e. The van der Waals surface area contributed by atoms with Crippen molar-refractivity contribution in [1.82, 2.24) is 4.98 Å². The van der Waals surface area contributed by atoms with Gasteiger partial charge in [0.15, 0.2) is 0 Å². The third kappa shape index (κ3) is 1.79. The third-order valence-corrected chi connectivity index (χ3v) is 2.82. The molecule has 3 heteroatoms. The average Bonchev–Trinajstić information content (AvgIpc) is 2.28. The van der Waals surface area contributed by atoms with E-state index in [1.165, 1.54) is 0 Å². The zero-order chi connectivity index (χ0) is 11.8. The zero-order valence-electron chi connectivity index (χ0n) is 9.57. The number of nitrogens with two attached hydrogens (primary N) is 1. The Balaban J connectivity index is 2.77. The van der Waals surface area contributed by atoms with Gasteiger partial charge in [0.1, 0.15) is 0 Å². The van der Waals surface area contributed by atoms with Gasteiger partial charge in [-0.1, -0.05) is 18.2 Å². The van der Waals surface area contributed by atoms with Crippen LogP contribution in [0.5, 0.6) is 0 Å². The first-order chi connectivity index (χ1) is 7.54. The van der Waals surface area contributed by atoms with Crippen LogP contribution >= 0.6 is 0 Å². The molecule has 0 fully saturated rings. The minimum atomic E-state index is -1.01. The Labute approximate surface area is 94.9 Å². The molecule has 16 heavy (non-hydrogen) atoms. The lowest BCUT2D eigenvalue weighted by atomic mass is 9.92. The molecule has 0 spiro atoms. The van der Waals surface area contributed by atoms with Crippen LogP contribution in [0.1, 0.15) is 18.2 Å². The summed E-state index contributed by atoms with van der Waals surface area (Å²) in [6, 6.07) is 9.68. The number of fused-ring (bicyclic) bond motifs is 1. The van der Waals surface area contributed by atoms with Gasteiger partial charge in [-0.3, -0.25) is 4.98 Å². The van der Waals surface area contributed by atoms with Gasteiger partial charge in [0.05, 0.1) is 11.1 Å². The summed E-state index contributed by atoms with van der Waals surface area (Å²) < 4.78 is 0. The molecule has 84 valence electrons. The minimum absolute atomic E-state index is 0.195. The van der Waals surface area contributed by atoms with Crippen LogP contribution in [0.2, 0.25) is 0 Å². The summed E-state index contributed by atoms with van der Waals surface area (Å²) in [5, 5.41) is 11.2. The fourth-order valence-electron chi connectivity index (χ4n) is 1.86. The summed E-state index contributed by atoms with van der Waals surface area (Å²) in [6.07, 6.45) is 0. The van der Waals surface area contributed by atoms with Crippen LogP contribution in [0.25, 0.3) is 10.9 Å². The van der Waals surface area contributed by atoms with Crippen LogP contribution < -0.4 is 5.73 Å².